The van der Waals surface area contributed by atoms with Crippen LogP contribution in [0.15, 0.2) is 24.3 Å². The van der Waals surface area contributed by atoms with Crippen LogP contribution in [0.25, 0.3) is 0 Å². The van der Waals surface area contributed by atoms with Gasteiger partial charge >= 0.3 is 30.0 Å². The molecular formula is C6H5BrFIZn. The summed E-state index contributed by atoms with van der Waals surface area (Å²) in [5.41, 5.74) is 0. The Hall–Kier alpha value is 0.983. The molecule has 0 fully saturated rings. The van der Waals surface area contributed by atoms with Crippen molar-refractivity contribution in [2.45, 2.75) is 0 Å². The van der Waals surface area contributed by atoms with Gasteiger partial charge in [-0.05, 0) is 0 Å². The van der Waals surface area contributed by atoms with E-state index >= 15 is 0 Å². The van der Waals surface area contributed by atoms with Gasteiger partial charge in [-0.2, -0.15) is 18.2 Å². The molecule has 0 N–H and O–H groups in total. The van der Waals surface area contributed by atoms with Gasteiger partial charge in [0.1, 0.15) is 0 Å². The summed E-state index contributed by atoms with van der Waals surface area (Å²) in [6.07, 6.45) is 0. The van der Waals surface area contributed by atoms with Crippen LogP contribution in [0.2, 0.25) is 0 Å². The maximum absolute atomic E-state index is 11.9. The van der Waals surface area contributed by atoms with Crippen molar-refractivity contribution >= 4 is 37.6 Å². The second-order valence-electron chi connectivity index (χ2n) is 1.21. The number of rotatable bonds is 0. The van der Waals surface area contributed by atoms with Gasteiger partial charge < -0.3 is 0 Å². The minimum atomic E-state index is -0.303. The summed E-state index contributed by atoms with van der Waals surface area (Å²) in [7, 11) is 0. The van der Waals surface area contributed by atoms with E-state index < -0.39 is 0 Å². The average molecular weight is 368 g/mol. The summed E-state index contributed by atoms with van der Waals surface area (Å²) >= 11 is 4.25. The van der Waals surface area contributed by atoms with Crippen molar-refractivity contribution in [1.82, 2.24) is 0 Å². The minimum absolute atomic E-state index is 0. The zero-order chi connectivity index (χ0) is 7.11. The Morgan fingerprint density at radius 1 is 1.40 bits per heavy atom. The van der Waals surface area contributed by atoms with Crippen molar-refractivity contribution in [3.8, 4) is 0 Å². The molecule has 0 amide bonds. The quantitative estimate of drug-likeness (QED) is 0.375. The molecule has 0 saturated heterocycles. The van der Waals surface area contributed by atoms with Crippen LogP contribution in [0.5, 0.6) is 0 Å². The topological polar surface area (TPSA) is 0 Å². The van der Waals surface area contributed by atoms with E-state index in [0.29, 0.717) is 0 Å². The molecule has 0 heterocycles. The normalized spacial score (nSPS) is 6.80. The standard InChI is InChI=1S/C6H4F.BrH.HI.Zn/c7-6-4-2-1-3-5-6;;;/h1-4H;2*1H;/q-1;;;+2/p-1. The van der Waals surface area contributed by atoms with E-state index in [1.165, 1.54) is 28.5 Å². The summed E-state index contributed by atoms with van der Waals surface area (Å²) in [5.74, 6) is -0.303. The third kappa shape index (κ3) is 7.09. The van der Waals surface area contributed by atoms with Crippen molar-refractivity contribution in [2.75, 3.05) is 0 Å². The second-order valence-corrected chi connectivity index (χ2v) is 1.21. The summed E-state index contributed by atoms with van der Waals surface area (Å²) in [4.78, 5) is 0. The number of hydrogen-bond acceptors (Lipinski definition) is 0. The van der Waals surface area contributed by atoms with E-state index in [0.717, 1.165) is 0 Å². The zero-order valence-electron chi connectivity index (χ0n) is 5.18. The first-order valence-corrected chi connectivity index (χ1v) is 9.23. The van der Waals surface area contributed by atoms with Gasteiger partial charge in [0.25, 0.3) is 0 Å². The Labute approximate surface area is 93.6 Å². The van der Waals surface area contributed by atoms with Crippen LogP contribution in [0.1, 0.15) is 0 Å². The van der Waals surface area contributed by atoms with E-state index in [1.54, 1.807) is 12.1 Å². The summed E-state index contributed by atoms with van der Waals surface area (Å²) < 4.78 is 11.9. The molecule has 0 nitrogen and oxygen atoms in total. The molecule has 0 bridgehead atoms. The van der Waals surface area contributed by atoms with Crippen molar-refractivity contribution < 1.29 is 20.7 Å². The number of hydrogen-bond donors (Lipinski definition) is 0. The van der Waals surface area contributed by atoms with Crippen LogP contribution < -0.4 is 0 Å². The van der Waals surface area contributed by atoms with Crippen LogP contribution >= 0.6 is 37.6 Å². The maximum atomic E-state index is 11.9. The summed E-state index contributed by atoms with van der Waals surface area (Å²) in [6, 6.07) is 8.62. The Bertz CT molecular complexity index is 148. The predicted octanol–water partition coefficient (Wildman–Crippen LogP) is 3.09. The third-order valence-corrected chi connectivity index (χ3v) is 0.671. The van der Waals surface area contributed by atoms with Crippen molar-refractivity contribution in [1.29, 1.82) is 0 Å². The van der Waals surface area contributed by atoms with Gasteiger partial charge in [-0.15, -0.1) is 36.1 Å². The van der Waals surface area contributed by atoms with Crippen molar-refractivity contribution in [3.05, 3.63) is 36.1 Å². The molecule has 0 aliphatic carbocycles. The van der Waals surface area contributed by atoms with Crippen molar-refractivity contribution in [3.63, 3.8) is 0 Å². The molecule has 0 aliphatic heterocycles. The number of halogens is 3. The van der Waals surface area contributed by atoms with Gasteiger partial charge in [-0.25, -0.2) is 4.39 Å². The molecule has 0 aromatic heterocycles. The SMILES string of the molecule is Fc1[c-]cccc1.I.[Zn+][Br]. The van der Waals surface area contributed by atoms with Crippen LogP contribution in [-0.4, -0.2) is 0 Å². The molecule has 52 valence electrons. The first-order chi connectivity index (χ1) is 4.39. The van der Waals surface area contributed by atoms with Gasteiger partial charge in [0.2, 0.25) is 0 Å². The van der Waals surface area contributed by atoms with Crippen LogP contribution in [0, 0.1) is 11.9 Å². The third-order valence-electron chi connectivity index (χ3n) is 0.671. The first kappa shape index (κ1) is 13.6. The van der Waals surface area contributed by atoms with E-state index in [9.17, 15) is 4.39 Å². The fraction of sp³-hybridized carbons (Fsp3) is 0. The molecule has 0 radical (unpaired) electrons. The fourth-order valence-corrected chi connectivity index (χ4v) is 0.371. The summed E-state index contributed by atoms with van der Waals surface area (Å²) in [5, 5.41) is 0. The monoisotopic (exact) mass is 366 g/mol. The second kappa shape index (κ2) is 9.98. The molecule has 4 heteroatoms. The van der Waals surface area contributed by atoms with Gasteiger partial charge in [0.05, 0.1) is 0 Å². The van der Waals surface area contributed by atoms with Crippen LogP contribution in [0.4, 0.5) is 4.39 Å². The first-order valence-electron chi connectivity index (χ1n) is 2.28. The van der Waals surface area contributed by atoms with Gasteiger partial charge in [0.15, 0.2) is 0 Å². The van der Waals surface area contributed by atoms with E-state index in [1.807, 2.05) is 0 Å². The van der Waals surface area contributed by atoms with Gasteiger partial charge in [-0.1, -0.05) is 0 Å². The molecule has 0 aliphatic rings. The van der Waals surface area contributed by atoms with E-state index in [-0.39, 0.29) is 29.8 Å². The Morgan fingerprint density at radius 2 is 2.00 bits per heavy atom. The molecule has 1 rings (SSSR count). The molecule has 1 aromatic carbocycles. The molecule has 1 aromatic rings. The molecular weight excluding hydrogens is 363 g/mol. The zero-order valence-corrected chi connectivity index (χ0v) is 12.1. The number of benzene rings is 1. The van der Waals surface area contributed by atoms with Crippen LogP contribution in [-0.2, 0) is 16.3 Å². The van der Waals surface area contributed by atoms with E-state index in [2.05, 4.69) is 19.7 Å². The molecule has 0 spiro atoms. The Kier molecular flexibility index (Phi) is 13.5. The molecule has 10 heavy (non-hydrogen) atoms. The predicted molar refractivity (Wildman–Crippen MR) is 49.6 cm³/mol. The fourth-order valence-electron chi connectivity index (χ4n) is 0.371. The Balaban J connectivity index is 0. The molecule has 0 unspecified atom stereocenters. The van der Waals surface area contributed by atoms with Crippen molar-refractivity contribution in [2.24, 2.45) is 0 Å². The van der Waals surface area contributed by atoms with Crippen LogP contribution in [0.3, 0.4) is 0 Å². The molecule has 0 saturated carbocycles. The van der Waals surface area contributed by atoms with Gasteiger partial charge in [-0.3, -0.25) is 0 Å². The Morgan fingerprint density at radius 3 is 2.20 bits per heavy atom. The average Bonchev–Trinajstić information content (AvgIpc) is 1.94. The van der Waals surface area contributed by atoms with E-state index in [4.69, 9.17) is 0 Å². The molecule has 0 atom stereocenters. The summed E-state index contributed by atoms with van der Waals surface area (Å²) in [6.45, 7) is 0. The van der Waals surface area contributed by atoms with Gasteiger partial charge in [0, 0.05) is 5.82 Å².